The third kappa shape index (κ3) is 50.4. The summed E-state index contributed by atoms with van der Waals surface area (Å²) in [5.74, 6) is -1.10. The van der Waals surface area contributed by atoms with E-state index in [2.05, 4.69) is 118 Å². The number of allylic oxidation sites excluding steroid dienone is 22. The molecule has 0 aromatic rings. The van der Waals surface area contributed by atoms with E-state index in [1.165, 1.54) is 70.6 Å². The van der Waals surface area contributed by atoms with Gasteiger partial charge in [0.1, 0.15) is 13.2 Å². The Labute approximate surface area is 398 Å². The fraction of sp³-hybridized carbons (Fsp3) is 0.576. The zero-order valence-electron chi connectivity index (χ0n) is 41.4. The number of hydrogen-bond acceptors (Lipinski definition) is 6. The summed E-state index contributed by atoms with van der Waals surface area (Å²) in [6.07, 6.45) is 73.0. The lowest BCUT2D eigenvalue weighted by Crippen LogP contribution is -2.30. The van der Waals surface area contributed by atoms with Gasteiger partial charge >= 0.3 is 17.9 Å². The van der Waals surface area contributed by atoms with Gasteiger partial charge in [-0.25, -0.2) is 0 Å². The lowest BCUT2D eigenvalue weighted by Gasteiger charge is -2.18. The SMILES string of the molecule is CC/C=C/C=C/C=C/C=C/CCCCCC(=O)OCC(COC(=O)CCC/C=C/C/C=C/C/C=C/C/C=C/CCCCC)OC(=O)CCC/C=C/C/C=C/C/C=C/CCCCCCCC. The van der Waals surface area contributed by atoms with Gasteiger partial charge in [0.2, 0.25) is 0 Å². The first kappa shape index (κ1) is 60.5. The molecule has 0 bridgehead atoms. The molecule has 0 aromatic heterocycles. The monoisotopic (exact) mass is 897 g/mol. The third-order valence-electron chi connectivity index (χ3n) is 10.2. The van der Waals surface area contributed by atoms with Gasteiger partial charge in [-0.05, 0) is 109 Å². The highest BCUT2D eigenvalue weighted by atomic mass is 16.6. The van der Waals surface area contributed by atoms with E-state index >= 15 is 0 Å². The van der Waals surface area contributed by atoms with Gasteiger partial charge in [-0.3, -0.25) is 14.4 Å². The minimum atomic E-state index is -0.847. The summed E-state index contributed by atoms with van der Waals surface area (Å²) in [6, 6.07) is 0. The van der Waals surface area contributed by atoms with Gasteiger partial charge in [-0.15, -0.1) is 0 Å². The zero-order chi connectivity index (χ0) is 47.2. The maximum absolute atomic E-state index is 12.8. The normalized spacial score (nSPS) is 13.2. The fourth-order valence-electron chi connectivity index (χ4n) is 6.34. The molecule has 65 heavy (non-hydrogen) atoms. The minimum Gasteiger partial charge on any atom is -0.462 e. The molecule has 364 valence electrons. The van der Waals surface area contributed by atoms with E-state index in [-0.39, 0.29) is 44.4 Å². The van der Waals surface area contributed by atoms with Crippen LogP contribution in [0.3, 0.4) is 0 Å². The Morgan fingerprint density at radius 1 is 0.338 bits per heavy atom. The predicted molar refractivity (Wildman–Crippen MR) is 279 cm³/mol. The second kappa shape index (κ2) is 52.2. The summed E-state index contributed by atoms with van der Waals surface area (Å²) >= 11 is 0. The van der Waals surface area contributed by atoms with E-state index < -0.39 is 12.1 Å². The van der Waals surface area contributed by atoms with Gasteiger partial charge in [-0.2, -0.15) is 0 Å². The first-order valence-electron chi connectivity index (χ1n) is 25.7. The number of ether oxygens (including phenoxy) is 3. The van der Waals surface area contributed by atoms with E-state index in [9.17, 15) is 14.4 Å². The summed E-state index contributed by atoms with van der Waals surface area (Å²) in [7, 11) is 0. The van der Waals surface area contributed by atoms with Gasteiger partial charge in [0.25, 0.3) is 0 Å². The largest absolute Gasteiger partial charge is 0.462 e. The van der Waals surface area contributed by atoms with Gasteiger partial charge in [-0.1, -0.05) is 206 Å². The van der Waals surface area contributed by atoms with Crippen LogP contribution in [0, 0.1) is 0 Å². The van der Waals surface area contributed by atoms with Crippen LogP contribution in [0.15, 0.2) is 134 Å². The van der Waals surface area contributed by atoms with Crippen LogP contribution in [-0.2, 0) is 28.6 Å². The molecule has 0 aliphatic rings. The van der Waals surface area contributed by atoms with Crippen molar-refractivity contribution >= 4 is 17.9 Å². The van der Waals surface area contributed by atoms with Crippen LogP contribution in [-0.4, -0.2) is 37.2 Å². The third-order valence-corrected chi connectivity index (χ3v) is 10.2. The molecule has 0 aliphatic carbocycles. The molecule has 0 N–H and O–H groups in total. The molecule has 0 amide bonds. The van der Waals surface area contributed by atoms with Crippen LogP contribution in [0.5, 0.6) is 0 Å². The van der Waals surface area contributed by atoms with Gasteiger partial charge in [0, 0.05) is 19.3 Å². The molecule has 1 unspecified atom stereocenters. The number of rotatable bonds is 44. The van der Waals surface area contributed by atoms with Crippen molar-refractivity contribution in [1.82, 2.24) is 0 Å². The van der Waals surface area contributed by atoms with Crippen molar-refractivity contribution in [3.05, 3.63) is 134 Å². The van der Waals surface area contributed by atoms with Crippen molar-refractivity contribution in [3.8, 4) is 0 Å². The average Bonchev–Trinajstić information content (AvgIpc) is 3.30. The molecule has 0 aliphatic heterocycles. The van der Waals surface area contributed by atoms with Crippen LogP contribution < -0.4 is 0 Å². The van der Waals surface area contributed by atoms with Gasteiger partial charge < -0.3 is 14.2 Å². The lowest BCUT2D eigenvalue weighted by molar-refractivity contribution is -0.167. The van der Waals surface area contributed by atoms with Crippen molar-refractivity contribution in [2.45, 2.75) is 207 Å². The molecule has 0 saturated heterocycles. The molecule has 0 saturated carbocycles. The second-order valence-corrected chi connectivity index (χ2v) is 16.4. The summed E-state index contributed by atoms with van der Waals surface area (Å²) in [6.45, 7) is 6.31. The Kier molecular flexibility index (Phi) is 48.6. The number of carbonyl (C=O) groups excluding carboxylic acids is 3. The molecule has 0 aromatic carbocycles. The summed E-state index contributed by atoms with van der Waals surface area (Å²) in [5.41, 5.74) is 0. The number of unbranched alkanes of at least 4 members (excludes halogenated alkanes) is 14. The summed E-state index contributed by atoms with van der Waals surface area (Å²) in [4.78, 5) is 37.9. The first-order chi connectivity index (χ1) is 32.0. The predicted octanol–water partition coefficient (Wildman–Crippen LogP) is 17.1. The molecule has 0 spiro atoms. The molecule has 0 fully saturated rings. The maximum Gasteiger partial charge on any atom is 0.306 e. The Morgan fingerprint density at radius 3 is 1.17 bits per heavy atom. The topological polar surface area (TPSA) is 78.9 Å². The van der Waals surface area contributed by atoms with Crippen molar-refractivity contribution in [2.75, 3.05) is 13.2 Å². The van der Waals surface area contributed by atoms with Crippen molar-refractivity contribution in [2.24, 2.45) is 0 Å². The van der Waals surface area contributed by atoms with Crippen LogP contribution in [0.25, 0.3) is 0 Å². The molecule has 0 radical (unpaired) electrons. The standard InChI is InChI=1S/C59H92O6/c1-4-7-10-13-16-19-22-25-27-29-31-34-37-40-43-46-49-52-58(61)64-55-56(54-63-57(60)51-48-45-42-39-36-33-24-21-18-15-12-9-6-3)65-59(62)53-50-47-44-41-38-35-32-30-28-26-23-20-17-14-11-8-5-2/h9,12,15-16,18-19,21,24-28,31-36,40-41,43-44,56H,4-8,10-11,13-14,17,20,22-23,29-30,37-39,42,45-55H2,1-3H3/b12-9+,18-15+,19-16+,24-21+,27-25+,28-26+,34-31+,35-32+,36-33+,43-40+,44-41+. The highest BCUT2D eigenvalue weighted by Crippen LogP contribution is 2.10. The number of carbonyl (C=O) groups is 3. The minimum absolute atomic E-state index is 0.141. The highest BCUT2D eigenvalue weighted by molar-refractivity contribution is 5.71. The maximum atomic E-state index is 12.8. The Hall–Kier alpha value is -4.45. The highest BCUT2D eigenvalue weighted by Gasteiger charge is 2.19. The van der Waals surface area contributed by atoms with Gasteiger partial charge in [0.15, 0.2) is 6.10 Å². The van der Waals surface area contributed by atoms with Crippen molar-refractivity contribution < 1.29 is 28.6 Å². The molecule has 0 heterocycles. The Bertz CT molecular complexity index is 1450. The fourth-order valence-corrected chi connectivity index (χ4v) is 6.34. The van der Waals surface area contributed by atoms with Crippen LogP contribution in [0.4, 0.5) is 0 Å². The van der Waals surface area contributed by atoms with E-state index in [0.717, 1.165) is 70.6 Å². The first-order valence-corrected chi connectivity index (χ1v) is 25.7. The van der Waals surface area contributed by atoms with Crippen LogP contribution in [0.2, 0.25) is 0 Å². The zero-order valence-corrected chi connectivity index (χ0v) is 41.4. The molecule has 1 atom stereocenters. The summed E-state index contributed by atoms with van der Waals surface area (Å²) in [5, 5.41) is 0. The smallest absolute Gasteiger partial charge is 0.306 e. The number of esters is 3. The van der Waals surface area contributed by atoms with E-state index in [1.807, 2.05) is 36.5 Å². The second-order valence-electron chi connectivity index (χ2n) is 16.4. The summed E-state index contributed by atoms with van der Waals surface area (Å²) < 4.78 is 16.7. The molecule has 0 rings (SSSR count). The molecular formula is C59H92O6. The molecular weight excluding hydrogens is 805 g/mol. The lowest BCUT2D eigenvalue weighted by atomic mass is 10.1. The van der Waals surface area contributed by atoms with Crippen molar-refractivity contribution in [1.29, 1.82) is 0 Å². The van der Waals surface area contributed by atoms with Crippen LogP contribution >= 0.6 is 0 Å². The molecule has 6 heteroatoms. The Balaban J connectivity index is 4.64. The quantitative estimate of drug-likeness (QED) is 0.0199. The van der Waals surface area contributed by atoms with Crippen molar-refractivity contribution in [3.63, 3.8) is 0 Å². The van der Waals surface area contributed by atoms with E-state index in [1.54, 1.807) is 0 Å². The van der Waals surface area contributed by atoms with Gasteiger partial charge in [0.05, 0.1) is 0 Å². The Morgan fingerprint density at radius 2 is 0.677 bits per heavy atom. The average molecular weight is 897 g/mol. The number of hydrogen-bond donors (Lipinski definition) is 0. The van der Waals surface area contributed by atoms with E-state index in [4.69, 9.17) is 14.2 Å². The van der Waals surface area contributed by atoms with Crippen LogP contribution in [0.1, 0.15) is 201 Å². The molecule has 6 nitrogen and oxygen atoms in total. The van der Waals surface area contributed by atoms with E-state index in [0.29, 0.717) is 19.3 Å².